The number of benzene rings is 5. The van der Waals surface area contributed by atoms with Crippen LogP contribution in [0.15, 0.2) is 138 Å². The molecule has 5 aromatic rings. The molecule has 0 aromatic heterocycles. The summed E-state index contributed by atoms with van der Waals surface area (Å²) in [6.45, 7) is 0. The van der Waals surface area contributed by atoms with Crippen LogP contribution in [-0.2, 0) is 9.59 Å². The fourth-order valence-electron chi connectivity index (χ4n) is 4.81. The van der Waals surface area contributed by atoms with Gasteiger partial charge in [0, 0.05) is 27.9 Å². The van der Waals surface area contributed by atoms with Crippen LogP contribution in [0.3, 0.4) is 0 Å². The standard InChI is InChI=1S/C39H35N3O6S/c1-46-31-16-10-15-30(25-31)41-39(45)36(27-11-6-4-7-12-27)49-32-20-18-29(19-21-32)40-38(44)33(42-37(43)28-13-8-5-9-14-28)23-26-17-22-34(47-2)35(24-26)48-3/h4-25,36H,1-3H3,(H,40,44)(H,41,45)(H,42,43)/b33-23-. The Morgan fingerprint density at radius 1 is 0.653 bits per heavy atom. The molecule has 5 rings (SSSR count). The summed E-state index contributed by atoms with van der Waals surface area (Å²) in [4.78, 5) is 41.0. The summed E-state index contributed by atoms with van der Waals surface area (Å²) in [6, 6.07) is 37.7. The van der Waals surface area contributed by atoms with Crippen LogP contribution in [0.4, 0.5) is 11.4 Å². The third-order valence-electron chi connectivity index (χ3n) is 7.29. The zero-order valence-corrected chi connectivity index (χ0v) is 28.0. The maximum absolute atomic E-state index is 13.6. The first kappa shape index (κ1) is 34.3. The minimum Gasteiger partial charge on any atom is -0.497 e. The Morgan fingerprint density at radius 3 is 2.02 bits per heavy atom. The van der Waals surface area contributed by atoms with E-state index in [1.54, 1.807) is 86.0 Å². The van der Waals surface area contributed by atoms with Gasteiger partial charge in [-0.3, -0.25) is 14.4 Å². The predicted molar refractivity (Wildman–Crippen MR) is 193 cm³/mol. The average molecular weight is 674 g/mol. The minimum atomic E-state index is -0.558. The first-order valence-corrected chi connectivity index (χ1v) is 16.1. The highest BCUT2D eigenvalue weighted by atomic mass is 32.2. The van der Waals surface area contributed by atoms with Crippen molar-refractivity contribution in [2.24, 2.45) is 0 Å². The van der Waals surface area contributed by atoms with E-state index in [0.29, 0.717) is 39.8 Å². The van der Waals surface area contributed by atoms with Gasteiger partial charge in [0.25, 0.3) is 11.8 Å². The first-order valence-electron chi connectivity index (χ1n) is 15.2. The van der Waals surface area contributed by atoms with Crippen LogP contribution in [0.1, 0.15) is 26.7 Å². The second kappa shape index (κ2) is 16.7. The van der Waals surface area contributed by atoms with E-state index in [1.165, 1.54) is 26.0 Å². The molecule has 0 aliphatic rings. The van der Waals surface area contributed by atoms with Crippen molar-refractivity contribution in [2.75, 3.05) is 32.0 Å². The number of ether oxygens (including phenoxy) is 3. The molecule has 0 bridgehead atoms. The molecule has 0 aliphatic heterocycles. The Hall–Kier alpha value is -6.00. The highest BCUT2D eigenvalue weighted by Crippen LogP contribution is 2.37. The summed E-state index contributed by atoms with van der Waals surface area (Å²) in [6.07, 6.45) is 1.56. The molecular weight excluding hydrogens is 639 g/mol. The highest BCUT2D eigenvalue weighted by molar-refractivity contribution is 8.00. The number of hydrogen-bond acceptors (Lipinski definition) is 7. The fraction of sp³-hybridized carbons (Fsp3) is 0.103. The topological polar surface area (TPSA) is 115 Å². The molecule has 0 fully saturated rings. The molecule has 0 heterocycles. The number of carbonyl (C=O) groups is 3. The third kappa shape index (κ3) is 9.30. The molecular formula is C39H35N3O6S. The van der Waals surface area contributed by atoms with Gasteiger partial charge in [0.15, 0.2) is 11.5 Å². The molecule has 0 saturated carbocycles. The number of thioether (sulfide) groups is 1. The Balaban J connectivity index is 1.35. The van der Waals surface area contributed by atoms with Gasteiger partial charge in [-0.25, -0.2) is 0 Å². The van der Waals surface area contributed by atoms with Crippen molar-refractivity contribution in [2.45, 2.75) is 10.1 Å². The Labute approximate surface area is 289 Å². The SMILES string of the molecule is COc1cccc(NC(=O)C(Sc2ccc(NC(=O)/C(=C/c3ccc(OC)c(OC)c3)NC(=O)c3ccccc3)cc2)c2ccccc2)c1. The Kier molecular flexibility index (Phi) is 11.7. The lowest BCUT2D eigenvalue weighted by atomic mass is 10.1. The zero-order valence-electron chi connectivity index (χ0n) is 27.1. The summed E-state index contributed by atoms with van der Waals surface area (Å²) < 4.78 is 16.0. The molecule has 1 unspecified atom stereocenters. The smallest absolute Gasteiger partial charge is 0.272 e. The number of hydrogen-bond donors (Lipinski definition) is 3. The van der Waals surface area contributed by atoms with Gasteiger partial charge in [-0.15, -0.1) is 11.8 Å². The van der Waals surface area contributed by atoms with Gasteiger partial charge in [-0.2, -0.15) is 0 Å². The molecule has 0 spiro atoms. The van der Waals surface area contributed by atoms with Crippen LogP contribution in [0, 0.1) is 0 Å². The van der Waals surface area contributed by atoms with Crippen molar-refractivity contribution in [3.05, 3.63) is 150 Å². The molecule has 3 amide bonds. The monoisotopic (exact) mass is 673 g/mol. The van der Waals surface area contributed by atoms with Gasteiger partial charge in [-0.1, -0.05) is 60.7 Å². The van der Waals surface area contributed by atoms with Crippen LogP contribution in [0.5, 0.6) is 17.2 Å². The molecule has 248 valence electrons. The van der Waals surface area contributed by atoms with Crippen molar-refractivity contribution in [3.8, 4) is 17.2 Å². The van der Waals surface area contributed by atoms with Crippen molar-refractivity contribution >= 4 is 46.9 Å². The van der Waals surface area contributed by atoms with Gasteiger partial charge in [0.2, 0.25) is 5.91 Å². The number of nitrogens with one attached hydrogen (secondary N) is 3. The van der Waals surface area contributed by atoms with Crippen LogP contribution in [-0.4, -0.2) is 39.1 Å². The third-order valence-corrected chi connectivity index (χ3v) is 8.56. The molecule has 1 atom stereocenters. The molecule has 0 radical (unpaired) electrons. The van der Waals surface area contributed by atoms with E-state index in [0.717, 1.165) is 10.5 Å². The lowest BCUT2D eigenvalue weighted by Gasteiger charge is -2.18. The average Bonchev–Trinajstić information content (AvgIpc) is 3.14. The Bertz CT molecular complexity index is 1930. The van der Waals surface area contributed by atoms with Gasteiger partial charge in [-0.05, 0) is 77.9 Å². The Morgan fingerprint density at radius 2 is 1.35 bits per heavy atom. The summed E-state index contributed by atoms with van der Waals surface area (Å²) in [5.74, 6) is 0.489. The van der Waals surface area contributed by atoms with E-state index in [1.807, 2.05) is 54.6 Å². The predicted octanol–water partition coefficient (Wildman–Crippen LogP) is 7.59. The van der Waals surface area contributed by atoms with Crippen molar-refractivity contribution in [3.63, 3.8) is 0 Å². The minimum absolute atomic E-state index is 0.0258. The second-order valence-electron chi connectivity index (χ2n) is 10.6. The van der Waals surface area contributed by atoms with E-state index >= 15 is 0 Å². The number of rotatable bonds is 13. The fourth-order valence-corrected chi connectivity index (χ4v) is 5.84. The lowest BCUT2D eigenvalue weighted by Crippen LogP contribution is -2.30. The van der Waals surface area contributed by atoms with Gasteiger partial charge >= 0.3 is 0 Å². The van der Waals surface area contributed by atoms with E-state index in [-0.39, 0.29) is 11.6 Å². The van der Waals surface area contributed by atoms with E-state index in [4.69, 9.17) is 14.2 Å². The van der Waals surface area contributed by atoms with Crippen molar-refractivity contribution < 1.29 is 28.6 Å². The van der Waals surface area contributed by atoms with E-state index < -0.39 is 17.1 Å². The summed E-state index contributed by atoms with van der Waals surface area (Å²) in [5.41, 5.74) is 3.00. The molecule has 0 aliphatic carbocycles. The van der Waals surface area contributed by atoms with Crippen molar-refractivity contribution in [1.82, 2.24) is 5.32 Å². The van der Waals surface area contributed by atoms with Crippen LogP contribution >= 0.6 is 11.8 Å². The molecule has 5 aromatic carbocycles. The highest BCUT2D eigenvalue weighted by Gasteiger charge is 2.23. The maximum Gasteiger partial charge on any atom is 0.272 e. The quantitative estimate of drug-likeness (QED) is 0.0872. The second-order valence-corrected chi connectivity index (χ2v) is 11.8. The molecule has 0 saturated heterocycles. The van der Waals surface area contributed by atoms with Crippen LogP contribution in [0.25, 0.3) is 6.08 Å². The largest absolute Gasteiger partial charge is 0.497 e. The normalized spacial score (nSPS) is 11.5. The lowest BCUT2D eigenvalue weighted by molar-refractivity contribution is -0.116. The van der Waals surface area contributed by atoms with E-state index in [9.17, 15) is 14.4 Å². The molecule has 10 heteroatoms. The molecule has 9 nitrogen and oxygen atoms in total. The van der Waals surface area contributed by atoms with Gasteiger partial charge in [0.1, 0.15) is 16.7 Å². The number of carbonyl (C=O) groups excluding carboxylic acids is 3. The van der Waals surface area contributed by atoms with Crippen LogP contribution < -0.4 is 30.2 Å². The maximum atomic E-state index is 13.6. The first-order chi connectivity index (χ1) is 23.9. The van der Waals surface area contributed by atoms with Crippen LogP contribution in [0.2, 0.25) is 0 Å². The van der Waals surface area contributed by atoms with Crippen molar-refractivity contribution in [1.29, 1.82) is 0 Å². The zero-order chi connectivity index (χ0) is 34.6. The summed E-state index contributed by atoms with van der Waals surface area (Å²) >= 11 is 1.38. The summed E-state index contributed by atoms with van der Waals surface area (Å²) in [7, 11) is 4.63. The number of amides is 3. The molecule has 3 N–H and O–H groups in total. The summed E-state index contributed by atoms with van der Waals surface area (Å²) in [5, 5.41) is 8.05. The number of methoxy groups -OCH3 is 3. The molecule has 49 heavy (non-hydrogen) atoms. The van der Waals surface area contributed by atoms with E-state index in [2.05, 4.69) is 16.0 Å². The number of anilines is 2. The van der Waals surface area contributed by atoms with Gasteiger partial charge in [0.05, 0.1) is 21.3 Å². The van der Waals surface area contributed by atoms with Gasteiger partial charge < -0.3 is 30.2 Å².